The molecule has 0 radical (unpaired) electrons. The second-order valence-electron chi connectivity index (χ2n) is 9.12. The van der Waals surface area contributed by atoms with Gasteiger partial charge in [-0.05, 0) is 50.1 Å². The summed E-state index contributed by atoms with van der Waals surface area (Å²) in [7, 11) is 1.99. The molecule has 0 bridgehead atoms. The number of carbonyl (C=O) groups is 3. The number of rotatable bonds is 7. The fourth-order valence-corrected chi connectivity index (χ4v) is 4.66. The van der Waals surface area contributed by atoms with Gasteiger partial charge in [0.2, 0.25) is 0 Å². The van der Waals surface area contributed by atoms with Gasteiger partial charge in [0.15, 0.2) is 6.10 Å². The number of benzene rings is 1. The van der Waals surface area contributed by atoms with Crippen LogP contribution in [0.4, 0.5) is 8.78 Å². The molecule has 0 unspecified atom stereocenters. The standard InChI is InChI=1S/C22H26F2N2O2.C4H4O4/c1-13(2)26-12-14-8-20-18(17-5-4-6-19(26)21(14)17)7-15(11-25(20)3)22(27)28-16(9-23)10-24;5-3(6)1-2-4(7)8/h4-7,12-13,15-16,20H,8-11H2,1-3H3;1-2H,(H,5,6)(H,7,8)/b;2-1-/t15-,20-;/m1./s1. The fraction of sp³-hybridized carbons (Fsp3) is 0.423. The molecular formula is C26H30F2N2O6. The molecule has 0 saturated heterocycles. The summed E-state index contributed by atoms with van der Waals surface area (Å²) in [6.45, 7) is 2.81. The second kappa shape index (κ2) is 11.5. The van der Waals surface area contributed by atoms with E-state index in [0.717, 1.165) is 17.6 Å². The van der Waals surface area contributed by atoms with Crippen molar-refractivity contribution in [1.29, 1.82) is 0 Å². The molecule has 2 aromatic rings. The third-order valence-corrected chi connectivity index (χ3v) is 6.27. The van der Waals surface area contributed by atoms with Gasteiger partial charge in [-0.3, -0.25) is 9.69 Å². The number of aromatic nitrogens is 1. The summed E-state index contributed by atoms with van der Waals surface area (Å²) < 4.78 is 32.9. The Balaban J connectivity index is 0.000000392. The monoisotopic (exact) mass is 504 g/mol. The number of hydrogen-bond acceptors (Lipinski definition) is 5. The maximum absolute atomic E-state index is 12.8. The highest BCUT2D eigenvalue weighted by molar-refractivity contribution is 5.99. The topological polar surface area (TPSA) is 109 Å². The van der Waals surface area contributed by atoms with Gasteiger partial charge >= 0.3 is 17.9 Å². The molecule has 0 amide bonds. The summed E-state index contributed by atoms with van der Waals surface area (Å²) in [5, 5.41) is 16.9. The number of carbonyl (C=O) groups excluding carboxylic acids is 1. The van der Waals surface area contributed by atoms with Crippen LogP contribution in [0.1, 0.15) is 31.0 Å². The molecule has 36 heavy (non-hydrogen) atoms. The van der Waals surface area contributed by atoms with Gasteiger partial charge in [-0.15, -0.1) is 0 Å². The van der Waals surface area contributed by atoms with Crippen molar-refractivity contribution in [3.05, 3.63) is 53.8 Å². The van der Waals surface area contributed by atoms with Gasteiger partial charge in [0.05, 0.1) is 5.92 Å². The number of carboxylic acid groups (broad SMARTS) is 2. The van der Waals surface area contributed by atoms with E-state index in [9.17, 15) is 23.2 Å². The lowest BCUT2D eigenvalue weighted by molar-refractivity contribution is -0.154. The second-order valence-corrected chi connectivity index (χ2v) is 9.12. The third kappa shape index (κ3) is 5.81. The largest absolute Gasteiger partial charge is 0.478 e. The van der Waals surface area contributed by atoms with E-state index in [2.05, 4.69) is 41.6 Å². The Morgan fingerprint density at radius 3 is 2.33 bits per heavy atom. The third-order valence-electron chi connectivity index (χ3n) is 6.27. The average Bonchev–Trinajstić information content (AvgIpc) is 3.22. The van der Waals surface area contributed by atoms with Crippen molar-refractivity contribution in [3.8, 4) is 0 Å². The molecule has 1 aliphatic carbocycles. The van der Waals surface area contributed by atoms with Gasteiger partial charge < -0.3 is 19.5 Å². The number of esters is 1. The highest BCUT2D eigenvalue weighted by atomic mass is 19.1. The lowest BCUT2D eigenvalue weighted by Crippen LogP contribution is -2.45. The zero-order chi connectivity index (χ0) is 26.6. The van der Waals surface area contributed by atoms with Gasteiger partial charge in [-0.25, -0.2) is 18.4 Å². The van der Waals surface area contributed by atoms with Crippen molar-refractivity contribution >= 4 is 34.4 Å². The minimum absolute atomic E-state index is 0.184. The summed E-state index contributed by atoms with van der Waals surface area (Å²) in [6.07, 6.45) is 4.89. The zero-order valence-electron chi connectivity index (χ0n) is 20.4. The lowest BCUT2D eigenvalue weighted by Gasteiger charge is -2.39. The summed E-state index contributed by atoms with van der Waals surface area (Å²) in [5.74, 6) is -3.60. The number of aliphatic carboxylic acids is 2. The molecule has 10 heteroatoms. The molecule has 8 nitrogen and oxygen atoms in total. The molecule has 1 aromatic heterocycles. The first-order valence-electron chi connectivity index (χ1n) is 11.6. The number of alkyl halides is 2. The maximum Gasteiger partial charge on any atom is 0.328 e. The molecule has 2 N–H and O–H groups in total. The van der Waals surface area contributed by atoms with Crippen LogP contribution in [0.15, 0.2) is 42.6 Å². The number of carboxylic acids is 2. The van der Waals surface area contributed by atoms with E-state index in [-0.39, 0.29) is 6.04 Å². The number of hydrogen-bond donors (Lipinski definition) is 2. The predicted molar refractivity (Wildman–Crippen MR) is 130 cm³/mol. The van der Waals surface area contributed by atoms with Crippen LogP contribution in [0.3, 0.4) is 0 Å². The normalized spacial score (nSPS) is 19.1. The molecular weight excluding hydrogens is 474 g/mol. The van der Waals surface area contributed by atoms with Crippen molar-refractivity contribution in [3.63, 3.8) is 0 Å². The summed E-state index contributed by atoms with van der Waals surface area (Å²) in [6, 6.07) is 6.83. The van der Waals surface area contributed by atoms with Gasteiger partial charge in [-0.1, -0.05) is 18.2 Å². The van der Waals surface area contributed by atoms with Crippen LogP contribution in [-0.4, -0.2) is 76.7 Å². The Morgan fingerprint density at radius 1 is 1.14 bits per heavy atom. The van der Waals surface area contributed by atoms with Crippen molar-refractivity contribution in [2.45, 2.75) is 38.5 Å². The van der Waals surface area contributed by atoms with Crippen molar-refractivity contribution < 1.29 is 38.1 Å². The van der Waals surface area contributed by atoms with Gasteiger partial charge in [0.1, 0.15) is 13.3 Å². The molecule has 0 fully saturated rings. The Bertz CT molecular complexity index is 1180. The summed E-state index contributed by atoms with van der Waals surface area (Å²) >= 11 is 0. The maximum atomic E-state index is 12.8. The predicted octanol–water partition coefficient (Wildman–Crippen LogP) is 3.65. The van der Waals surface area contributed by atoms with Crippen LogP contribution in [0.2, 0.25) is 0 Å². The fourth-order valence-electron chi connectivity index (χ4n) is 4.66. The minimum Gasteiger partial charge on any atom is -0.478 e. The molecule has 1 aliphatic heterocycles. The van der Waals surface area contributed by atoms with Crippen molar-refractivity contribution in [1.82, 2.24) is 9.47 Å². The Morgan fingerprint density at radius 2 is 1.78 bits per heavy atom. The molecule has 0 saturated carbocycles. The molecule has 2 heterocycles. The van der Waals surface area contributed by atoms with E-state index < -0.39 is 43.3 Å². The number of likely N-dealkylation sites (N-methyl/N-ethyl adjacent to an activating group) is 1. The molecule has 2 atom stereocenters. The lowest BCUT2D eigenvalue weighted by atomic mass is 9.80. The van der Waals surface area contributed by atoms with Crippen LogP contribution < -0.4 is 0 Å². The quantitative estimate of drug-likeness (QED) is 0.438. The van der Waals surface area contributed by atoms with Crippen LogP contribution in [0.5, 0.6) is 0 Å². The number of halogens is 2. The van der Waals surface area contributed by atoms with E-state index in [4.69, 9.17) is 14.9 Å². The van der Waals surface area contributed by atoms with Gasteiger partial charge in [0.25, 0.3) is 0 Å². The number of fused-ring (bicyclic) bond motifs is 2. The Hall–Kier alpha value is -3.53. The van der Waals surface area contributed by atoms with Crippen molar-refractivity contribution in [2.75, 3.05) is 26.9 Å². The Labute approximate surface area is 207 Å². The number of ether oxygens (including phenoxy) is 1. The van der Waals surface area contributed by atoms with Gasteiger partial charge in [0, 0.05) is 47.9 Å². The smallest absolute Gasteiger partial charge is 0.328 e. The summed E-state index contributed by atoms with van der Waals surface area (Å²) in [4.78, 5) is 33.8. The minimum atomic E-state index is -1.31. The number of nitrogens with zero attached hydrogens (tertiary/aromatic N) is 2. The van der Waals surface area contributed by atoms with E-state index in [0.29, 0.717) is 24.7 Å². The molecule has 4 rings (SSSR count). The molecule has 0 spiro atoms. The first-order valence-corrected chi connectivity index (χ1v) is 11.6. The average molecular weight is 505 g/mol. The molecule has 194 valence electrons. The highest BCUT2D eigenvalue weighted by Gasteiger charge is 2.37. The van der Waals surface area contributed by atoms with Crippen LogP contribution in [0, 0.1) is 5.92 Å². The summed E-state index contributed by atoms with van der Waals surface area (Å²) in [5.41, 5.74) is 4.76. The first-order chi connectivity index (χ1) is 17.1. The zero-order valence-corrected chi connectivity index (χ0v) is 20.4. The SMILES string of the molecule is CC(C)n1cc2c3c(cccc31)C1=C[C@@H](C(=O)OC(CF)CF)CN(C)[C@@H]1C2.O=C(O)/C=C\C(=O)O. The molecule has 1 aromatic carbocycles. The van der Waals surface area contributed by atoms with E-state index in [1.165, 1.54) is 16.5 Å². The van der Waals surface area contributed by atoms with E-state index >= 15 is 0 Å². The highest BCUT2D eigenvalue weighted by Crippen LogP contribution is 2.42. The van der Waals surface area contributed by atoms with Crippen LogP contribution >= 0.6 is 0 Å². The van der Waals surface area contributed by atoms with Crippen LogP contribution in [-0.2, 0) is 25.5 Å². The van der Waals surface area contributed by atoms with Crippen LogP contribution in [0.25, 0.3) is 16.5 Å². The van der Waals surface area contributed by atoms with E-state index in [1.807, 2.05) is 19.2 Å². The first kappa shape index (κ1) is 27.1. The van der Waals surface area contributed by atoms with Gasteiger partial charge in [-0.2, -0.15) is 0 Å². The Kier molecular flexibility index (Phi) is 8.62. The van der Waals surface area contributed by atoms with E-state index in [1.54, 1.807) is 0 Å². The molecule has 2 aliphatic rings. The van der Waals surface area contributed by atoms with Crippen molar-refractivity contribution in [2.24, 2.45) is 5.92 Å².